The van der Waals surface area contributed by atoms with Crippen molar-refractivity contribution in [3.63, 3.8) is 0 Å². The van der Waals surface area contributed by atoms with Crippen LogP contribution in [0.15, 0.2) is 101 Å². The van der Waals surface area contributed by atoms with Crippen molar-refractivity contribution >= 4 is 39.5 Å². The number of fused-ring (bicyclic) bond motifs is 3. The highest BCUT2D eigenvalue weighted by Crippen LogP contribution is 2.36. The summed E-state index contributed by atoms with van der Waals surface area (Å²) in [5, 5.41) is 16.5. The Morgan fingerprint density at radius 3 is 2.23 bits per heavy atom. The summed E-state index contributed by atoms with van der Waals surface area (Å²) in [6, 6.07) is 28.2. The molecule has 0 aliphatic carbocycles. The lowest BCUT2D eigenvalue weighted by Crippen LogP contribution is -2.15. The summed E-state index contributed by atoms with van der Waals surface area (Å²) >= 11 is 0. The maximum atomic E-state index is 11.0. The first-order chi connectivity index (χ1) is 14.7. The van der Waals surface area contributed by atoms with Gasteiger partial charge in [0, 0.05) is 28.6 Å². The number of non-ortho nitro benzene ring substituents is 1. The summed E-state index contributed by atoms with van der Waals surface area (Å²) in [6.07, 6.45) is 0. The fraction of sp³-hybridized carbons (Fsp3) is 0. The van der Waals surface area contributed by atoms with Crippen LogP contribution in [0, 0.1) is 10.1 Å². The van der Waals surface area contributed by atoms with Crippen LogP contribution < -0.4 is 5.32 Å². The van der Waals surface area contributed by atoms with Crippen molar-refractivity contribution in [2.75, 3.05) is 5.32 Å². The van der Waals surface area contributed by atoms with Crippen molar-refractivity contribution in [3.8, 4) is 0 Å². The molecule has 6 nitrogen and oxygen atoms in total. The lowest BCUT2D eigenvalue weighted by atomic mass is 10.1. The fourth-order valence-corrected chi connectivity index (χ4v) is 3.46. The van der Waals surface area contributed by atoms with E-state index in [1.807, 2.05) is 60.7 Å². The van der Waals surface area contributed by atoms with E-state index in [1.54, 1.807) is 12.1 Å². The second kappa shape index (κ2) is 7.25. The molecule has 0 saturated heterocycles. The largest absolute Gasteiger partial charge is 0.338 e. The van der Waals surface area contributed by atoms with Crippen molar-refractivity contribution in [1.29, 1.82) is 0 Å². The van der Waals surface area contributed by atoms with E-state index in [1.165, 1.54) is 12.1 Å². The van der Waals surface area contributed by atoms with Gasteiger partial charge in [-0.15, -0.1) is 0 Å². The summed E-state index contributed by atoms with van der Waals surface area (Å²) in [4.78, 5) is 20.3. The molecule has 0 fully saturated rings. The normalized spacial score (nSPS) is 12.9. The van der Waals surface area contributed by atoms with Crippen LogP contribution in [0.25, 0.3) is 10.8 Å². The molecule has 0 atom stereocenters. The lowest BCUT2D eigenvalue weighted by Gasteiger charge is -2.11. The van der Waals surface area contributed by atoms with Crippen LogP contribution in [-0.2, 0) is 0 Å². The molecule has 0 radical (unpaired) electrons. The molecule has 1 aliphatic heterocycles. The number of benzene rings is 4. The van der Waals surface area contributed by atoms with Crippen molar-refractivity contribution in [3.05, 3.63) is 112 Å². The Morgan fingerprint density at radius 1 is 0.733 bits per heavy atom. The molecule has 1 aliphatic rings. The minimum Gasteiger partial charge on any atom is -0.338 e. The average Bonchev–Trinajstić information content (AvgIpc) is 3.00. The molecule has 4 aromatic carbocycles. The SMILES string of the molecule is O=[N+]([O-])c1ccc(C2=NC(c3ccccc3)=Nc3c(ccc4ccccc34)N2)cc1. The Morgan fingerprint density at radius 2 is 1.47 bits per heavy atom. The van der Waals surface area contributed by atoms with Gasteiger partial charge in [0.15, 0.2) is 5.84 Å². The number of nitrogens with zero attached hydrogens (tertiary/aromatic N) is 3. The van der Waals surface area contributed by atoms with Crippen LogP contribution in [0.4, 0.5) is 17.1 Å². The zero-order chi connectivity index (χ0) is 20.5. The lowest BCUT2D eigenvalue weighted by molar-refractivity contribution is -0.384. The summed E-state index contributed by atoms with van der Waals surface area (Å²) in [5.74, 6) is 1.16. The quantitative estimate of drug-likeness (QED) is 0.359. The summed E-state index contributed by atoms with van der Waals surface area (Å²) < 4.78 is 0. The molecule has 0 aromatic heterocycles. The van der Waals surface area contributed by atoms with E-state index >= 15 is 0 Å². The van der Waals surface area contributed by atoms with Crippen molar-refractivity contribution in [2.45, 2.75) is 0 Å². The van der Waals surface area contributed by atoms with E-state index in [0.717, 1.165) is 33.3 Å². The molecular formula is C24H16N4O2. The number of nitrogens with one attached hydrogen (secondary N) is 1. The van der Waals surface area contributed by atoms with Crippen LogP contribution in [0.3, 0.4) is 0 Å². The van der Waals surface area contributed by atoms with Gasteiger partial charge < -0.3 is 5.32 Å². The Balaban J connectivity index is 1.70. The third kappa shape index (κ3) is 3.20. The van der Waals surface area contributed by atoms with Gasteiger partial charge in [-0.25, -0.2) is 9.98 Å². The van der Waals surface area contributed by atoms with E-state index in [4.69, 9.17) is 9.98 Å². The molecule has 0 unspecified atom stereocenters. The number of nitro groups is 1. The second-order valence-corrected chi connectivity index (χ2v) is 6.87. The number of amidine groups is 2. The molecule has 0 bridgehead atoms. The Labute approximate surface area is 172 Å². The van der Waals surface area contributed by atoms with Crippen LogP contribution >= 0.6 is 0 Å². The van der Waals surface area contributed by atoms with Gasteiger partial charge in [-0.3, -0.25) is 10.1 Å². The Hall–Kier alpha value is -4.32. The Bertz CT molecular complexity index is 1330. The smallest absolute Gasteiger partial charge is 0.269 e. The van der Waals surface area contributed by atoms with Crippen LogP contribution in [-0.4, -0.2) is 16.6 Å². The zero-order valence-electron chi connectivity index (χ0n) is 15.8. The standard InChI is InChI=1S/C24H16N4O2/c29-28(30)19-13-10-18(11-14-19)23-25-21-15-12-16-6-4-5-9-20(16)22(21)26-24(27-23)17-7-2-1-3-8-17/h1-15H,(H,25,26,27). The molecule has 4 aromatic rings. The van der Waals surface area contributed by atoms with Gasteiger partial charge in [-0.1, -0.05) is 60.7 Å². The van der Waals surface area contributed by atoms with E-state index in [9.17, 15) is 10.1 Å². The first kappa shape index (κ1) is 17.8. The van der Waals surface area contributed by atoms with Crippen LogP contribution in [0.2, 0.25) is 0 Å². The second-order valence-electron chi connectivity index (χ2n) is 6.87. The maximum absolute atomic E-state index is 11.0. The van der Waals surface area contributed by atoms with Gasteiger partial charge in [-0.2, -0.15) is 0 Å². The number of hydrogen-bond acceptors (Lipinski definition) is 5. The molecule has 1 N–H and O–H groups in total. The van der Waals surface area contributed by atoms with Gasteiger partial charge in [0.05, 0.1) is 16.3 Å². The number of nitro benzene ring substituents is 1. The van der Waals surface area contributed by atoms with Gasteiger partial charge in [-0.05, 0) is 23.6 Å². The van der Waals surface area contributed by atoms with Gasteiger partial charge in [0.1, 0.15) is 5.84 Å². The fourth-order valence-electron chi connectivity index (χ4n) is 3.46. The average molecular weight is 392 g/mol. The zero-order valence-corrected chi connectivity index (χ0v) is 15.8. The number of anilines is 1. The third-order valence-corrected chi connectivity index (χ3v) is 4.97. The topological polar surface area (TPSA) is 79.9 Å². The van der Waals surface area contributed by atoms with E-state index in [0.29, 0.717) is 11.7 Å². The summed E-state index contributed by atoms with van der Waals surface area (Å²) in [5.41, 5.74) is 3.31. The van der Waals surface area contributed by atoms with Crippen LogP contribution in [0.1, 0.15) is 11.1 Å². The van der Waals surface area contributed by atoms with Gasteiger partial charge in [0.2, 0.25) is 0 Å². The maximum Gasteiger partial charge on any atom is 0.269 e. The molecular weight excluding hydrogens is 376 g/mol. The molecule has 0 spiro atoms. The van der Waals surface area contributed by atoms with Crippen molar-refractivity contribution in [2.24, 2.45) is 9.98 Å². The van der Waals surface area contributed by atoms with Gasteiger partial charge in [0.25, 0.3) is 5.69 Å². The number of aliphatic imine (C=N–C) groups is 2. The molecule has 30 heavy (non-hydrogen) atoms. The summed E-state index contributed by atoms with van der Waals surface area (Å²) in [6.45, 7) is 0. The van der Waals surface area contributed by atoms with E-state index < -0.39 is 4.92 Å². The number of rotatable bonds is 3. The molecule has 1 heterocycles. The highest BCUT2D eigenvalue weighted by atomic mass is 16.6. The Kier molecular flexibility index (Phi) is 4.29. The van der Waals surface area contributed by atoms with Crippen molar-refractivity contribution in [1.82, 2.24) is 0 Å². The highest BCUT2D eigenvalue weighted by Gasteiger charge is 2.18. The predicted molar refractivity (Wildman–Crippen MR) is 120 cm³/mol. The molecule has 0 amide bonds. The predicted octanol–water partition coefficient (Wildman–Crippen LogP) is 5.70. The summed E-state index contributed by atoms with van der Waals surface area (Å²) in [7, 11) is 0. The number of hydrogen-bond donors (Lipinski definition) is 1. The monoisotopic (exact) mass is 392 g/mol. The molecule has 144 valence electrons. The molecule has 6 heteroatoms. The van der Waals surface area contributed by atoms with E-state index in [-0.39, 0.29) is 5.69 Å². The molecule has 5 rings (SSSR count). The molecule has 0 saturated carbocycles. The highest BCUT2D eigenvalue weighted by molar-refractivity contribution is 6.21. The minimum absolute atomic E-state index is 0.0383. The van der Waals surface area contributed by atoms with E-state index in [2.05, 4.69) is 11.4 Å². The first-order valence-electron chi connectivity index (χ1n) is 9.45. The minimum atomic E-state index is -0.412. The van der Waals surface area contributed by atoms with Gasteiger partial charge >= 0.3 is 0 Å². The van der Waals surface area contributed by atoms with Crippen molar-refractivity contribution < 1.29 is 4.92 Å². The first-order valence-corrected chi connectivity index (χ1v) is 9.45. The van der Waals surface area contributed by atoms with Crippen LogP contribution in [0.5, 0.6) is 0 Å². The third-order valence-electron chi connectivity index (χ3n) is 4.97.